The number of nitro benzene ring substituents is 1. The van der Waals surface area contributed by atoms with Gasteiger partial charge in [0.2, 0.25) is 0 Å². The minimum atomic E-state index is -0.520. The molecule has 1 atom stereocenters. The van der Waals surface area contributed by atoms with E-state index >= 15 is 0 Å². The van der Waals surface area contributed by atoms with Crippen LogP contribution >= 0.6 is 15.9 Å². The van der Waals surface area contributed by atoms with E-state index < -0.39 is 10.7 Å². The maximum atomic E-state index is 13.5. The number of likely N-dealkylation sites (N-methyl/N-ethyl adjacent to an activating group) is 1. The Balaban J connectivity index is 2.90. The van der Waals surface area contributed by atoms with Crippen molar-refractivity contribution in [3.8, 4) is 0 Å². The van der Waals surface area contributed by atoms with Crippen LogP contribution in [0.3, 0.4) is 0 Å². The molecule has 0 aliphatic carbocycles. The van der Waals surface area contributed by atoms with Crippen molar-refractivity contribution in [1.82, 2.24) is 4.90 Å². The van der Waals surface area contributed by atoms with E-state index in [9.17, 15) is 14.5 Å². The predicted octanol–water partition coefficient (Wildman–Crippen LogP) is 3.64. The summed E-state index contributed by atoms with van der Waals surface area (Å²) < 4.78 is 13.6. The van der Waals surface area contributed by atoms with Crippen LogP contribution in [0.4, 0.5) is 15.8 Å². The summed E-state index contributed by atoms with van der Waals surface area (Å²) in [6.07, 6.45) is 0. The maximum Gasteiger partial charge on any atom is 0.293 e. The molecular weight excluding hydrogens is 329 g/mol. The van der Waals surface area contributed by atoms with Crippen molar-refractivity contribution in [2.45, 2.75) is 26.8 Å². The Morgan fingerprint density at radius 1 is 1.45 bits per heavy atom. The molecule has 0 aliphatic heterocycles. The number of halogens is 2. The molecular formula is C13H19BrFN3O2. The van der Waals surface area contributed by atoms with Gasteiger partial charge in [0.05, 0.1) is 9.40 Å². The number of nitro groups is 1. The van der Waals surface area contributed by atoms with Gasteiger partial charge in [0.25, 0.3) is 5.69 Å². The van der Waals surface area contributed by atoms with Gasteiger partial charge in [0.15, 0.2) is 0 Å². The Kier molecular flexibility index (Phi) is 6.35. The molecule has 5 nitrogen and oxygen atoms in total. The minimum Gasteiger partial charge on any atom is -0.376 e. The second kappa shape index (κ2) is 7.54. The van der Waals surface area contributed by atoms with E-state index in [1.807, 2.05) is 6.92 Å². The largest absolute Gasteiger partial charge is 0.376 e. The summed E-state index contributed by atoms with van der Waals surface area (Å²) in [5.74, 6) is -0.520. The average molecular weight is 348 g/mol. The number of rotatable bonds is 7. The van der Waals surface area contributed by atoms with Crippen molar-refractivity contribution >= 4 is 27.3 Å². The quantitative estimate of drug-likeness (QED) is 0.604. The highest BCUT2D eigenvalue weighted by Crippen LogP contribution is 2.31. The highest BCUT2D eigenvalue weighted by Gasteiger charge is 2.19. The van der Waals surface area contributed by atoms with Crippen LogP contribution in [-0.4, -0.2) is 35.5 Å². The normalized spacial score (nSPS) is 12.5. The number of benzene rings is 1. The Hall–Kier alpha value is -1.21. The van der Waals surface area contributed by atoms with E-state index in [0.717, 1.165) is 25.7 Å². The van der Waals surface area contributed by atoms with E-state index in [-0.39, 0.29) is 21.9 Å². The molecule has 20 heavy (non-hydrogen) atoms. The predicted molar refractivity (Wildman–Crippen MR) is 81.6 cm³/mol. The molecule has 0 bridgehead atoms. The highest BCUT2D eigenvalue weighted by atomic mass is 79.9. The van der Waals surface area contributed by atoms with E-state index in [0.29, 0.717) is 0 Å². The smallest absolute Gasteiger partial charge is 0.293 e. The van der Waals surface area contributed by atoms with Crippen LogP contribution in [-0.2, 0) is 0 Å². The monoisotopic (exact) mass is 347 g/mol. The fourth-order valence-corrected chi connectivity index (χ4v) is 2.31. The second-order valence-corrected chi connectivity index (χ2v) is 5.43. The molecule has 0 fully saturated rings. The van der Waals surface area contributed by atoms with Gasteiger partial charge in [-0.2, -0.15) is 0 Å². The first-order valence-electron chi connectivity index (χ1n) is 6.51. The Bertz CT molecular complexity index is 481. The summed E-state index contributed by atoms with van der Waals surface area (Å²) in [4.78, 5) is 12.7. The van der Waals surface area contributed by atoms with Crippen LogP contribution in [0.25, 0.3) is 0 Å². The number of nitrogens with zero attached hydrogens (tertiary/aromatic N) is 2. The van der Waals surface area contributed by atoms with Gasteiger partial charge in [-0.3, -0.25) is 10.1 Å². The van der Waals surface area contributed by atoms with E-state index in [4.69, 9.17) is 0 Å². The summed E-state index contributed by atoms with van der Waals surface area (Å²) in [6, 6.07) is 2.32. The lowest BCUT2D eigenvalue weighted by atomic mass is 10.2. The molecule has 1 N–H and O–H groups in total. The third-order valence-electron chi connectivity index (χ3n) is 3.06. The molecule has 0 spiro atoms. The fraction of sp³-hybridized carbons (Fsp3) is 0.538. The molecule has 1 rings (SSSR count). The Labute approximate surface area is 126 Å². The summed E-state index contributed by atoms with van der Waals surface area (Å²) in [5, 5.41) is 14.0. The summed E-state index contributed by atoms with van der Waals surface area (Å²) in [5.41, 5.74) is 0.0695. The second-order valence-electron chi connectivity index (χ2n) is 4.57. The van der Waals surface area contributed by atoms with E-state index in [2.05, 4.69) is 40.0 Å². The number of hydrogen-bond donors (Lipinski definition) is 1. The molecule has 7 heteroatoms. The van der Waals surface area contributed by atoms with Crippen LogP contribution in [0.1, 0.15) is 20.8 Å². The van der Waals surface area contributed by atoms with Gasteiger partial charge >= 0.3 is 0 Å². The number of hydrogen-bond acceptors (Lipinski definition) is 4. The zero-order valence-electron chi connectivity index (χ0n) is 11.8. The lowest BCUT2D eigenvalue weighted by Crippen LogP contribution is -2.34. The first-order chi connectivity index (χ1) is 9.38. The number of nitrogens with one attached hydrogen (secondary N) is 1. The molecule has 0 aliphatic rings. The van der Waals surface area contributed by atoms with Gasteiger partial charge in [-0.25, -0.2) is 4.39 Å². The Morgan fingerprint density at radius 2 is 2.05 bits per heavy atom. The van der Waals surface area contributed by atoms with Gasteiger partial charge in [0, 0.05) is 24.7 Å². The zero-order valence-corrected chi connectivity index (χ0v) is 13.4. The SMILES string of the molecule is CCN(CC)CC(C)Nc1cc(F)c(Br)cc1[N+](=O)[O-]. The number of anilines is 1. The highest BCUT2D eigenvalue weighted by molar-refractivity contribution is 9.10. The first-order valence-corrected chi connectivity index (χ1v) is 7.30. The van der Waals surface area contributed by atoms with Gasteiger partial charge in [-0.05, 0) is 35.9 Å². The molecule has 0 saturated heterocycles. The lowest BCUT2D eigenvalue weighted by molar-refractivity contribution is -0.384. The van der Waals surface area contributed by atoms with Crippen molar-refractivity contribution < 1.29 is 9.31 Å². The topological polar surface area (TPSA) is 58.4 Å². The molecule has 0 amide bonds. The third kappa shape index (κ3) is 4.42. The van der Waals surface area contributed by atoms with Crippen molar-refractivity contribution in [3.63, 3.8) is 0 Å². The van der Waals surface area contributed by atoms with Crippen LogP contribution in [0, 0.1) is 15.9 Å². The van der Waals surface area contributed by atoms with Crippen molar-refractivity contribution in [2.24, 2.45) is 0 Å². The zero-order chi connectivity index (χ0) is 15.3. The van der Waals surface area contributed by atoms with Gasteiger partial charge in [0.1, 0.15) is 11.5 Å². The van der Waals surface area contributed by atoms with Crippen LogP contribution in [0.5, 0.6) is 0 Å². The molecule has 0 saturated carbocycles. The van der Waals surface area contributed by atoms with E-state index in [1.165, 1.54) is 6.07 Å². The van der Waals surface area contributed by atoms with Gasteiger partial charge in [-0.15, -0.1) is 0 Å². The Morgan fingerprint density at radius 3 is 2.55 bits per heavy atom. The third-order valence-corrected chi connectivity index (χ3v) is 3.67. The average Bonchev–Trinajstić information content (AvgIpc) is 2.39. The van der Waals surface area contributed by atoms with Crippen molar-refractivity contribution in [2.75, 3.05) is 25.0 Å². The fourth-order valence-electron chi connectivity index (χ4n) is 1.98. The minimum absolute atomic E-state index is 0.0193. The molecule has 112 valence electrons. The molecule has 0 heterocycles. The summed E-state index contributed by atoms with van der Waals surface area (Å²) in [6.45, 7) is 8.57. The molecule has 1 aromatic rings. The molecule has 0 aromatic heterocycles. The summed E-state index contributed by atoms with van der Waals surface area (Å²) in [7, 11) is 0. The van der Waals surface area contributed by atoms with Crippen molar-refractivity contribution in [3.05, 3.63) is 32.5 Å². The summed E-state index contributed by atoms with van der Waals surface area (Å²) >= 11 is 2.96. The van der Waals surface area contributed by atoms with Gasteiger partial charge in [-0.1, -0.05) is 13.8 Å². The van der Waals surface area contributed by atoms with E-state index in [1.54, 1.807) is 0 Å². The van der Waals surface area contributed by atoms with Crippen molar-refractivity contribution in [1.29, 1.82) is 0 Å². The maximum absolute atomic E-state index is 13.5. The van der Waals surface area contributed by atoms with Crippen LogP contribution in [0.2, 0.25) is 0 Å². The van der Waals surface area contributed by atoms with Crippen LogP contribution in [0.15, 0.2) is 16.6 Å². The molecule has 0 radical (unpaired) electrons. The van der Waals surface area contributed by atoms with Gasteiger partial charge < -0.3 is 10.2 Å². The van der Waals surface area contributed by atoms with Crippen LogP contribution < -0.4 is 5.32 Å². The standard InChI is InChI=1S/C13H19BrFN3O2/c1-4-17(5-2)8-9(3)16-12-7-11(15)10(14)6-13(12)18(19)20/h6-7,9,16H,4-5,8H2,1-3H3. The molecule has 1 unspecified atom stereocenters. The molecule has 1 aromatic carbocycles. The first kappa shape index (κ1) is 16.8. The lowest BCUT2D eigenvalue weighted by Gasteiger charge is -2.24.